The Morgan fingerprint density at radius 3 is 2.57 bits per heavy atom. The predicted molar refractivity (Wildman–Crippen MR) is 43.4 cm³/mol. The Morgan fingerprint density at radius 1 is 1.57 bits per heavy atom. The molecule has 0 atom stereocenters. The third-order valence-corrected chi connectivity index (χ3v) is 1.79. The molecule has 76 valence electrons. The first-order valence-corrected chi connectivity index (χ1v) is 3.60. The molecule has 0 radical (unpaired) electrons. The molecule has 0 unspecified atom stereocenters. The molecule has 1 rings (SSSR count). The fourth-order valence-corrected chi connectivity index (χ4v) is 1.08. The highest BCUT2D eigenvalue weighted by Crippen LogP contribution is 2.24. The van der Waals surface area contributed by atoms with E-state index in [0.29, 0.717) is 0 Å². The lowest BCUT2D eigenvalue weighted by molar-refractivity contribution is -0.385. The molecule has 0 aliphatic heterocycles. The maximum Gasteiger partial charge on any atom is 0.288 e. The highest BCUT2D eigenvalue weighted by Gasteiger charge is 2.22. The van der Waals surface area contributed by atoms with E-state index in [0.717, 1.165) is 13.1 Å². The lowest BCUT2D eigenvalue weighted by Crippen LogP contribution is -2.15. The van der Waals surface area contributed by atoms with Gasteiger partial charge in [-0.3, -0.25) is 14.9 Å². The molecule has 1 aromatic rings. The zero-order valence-corrected chi connectivity index (χ0v) is 7.08. The van der Waals surface area contributed by atoms with Crippen molar-refractivity contribution in [2.45, 2.75) is 13.3 Å². The van der Waals surface area contributed by atoms with E-state index in [2.05, 4.69) is 0 Å². The number of alkyl halides is 2. The number of hydrogen-bond donors (Lipinski definition) is 1. The van der Waals surface area contributed by atoms with Crippen LogP contribution in [0.15, 0.2) is 11.0 Å². The van der Waals surface area contributed by atoms with Crippen molar-refractivity contribution in [1.82, 2.24) is 4.98 Å². The quantitative estimate of drug-likeness (QED) is 0.586. The first-order valence-electron chi connectivity index (χ1n) is 3.60. The van der Waals surface area contributed by atoms with Gasteiger partial charge in [-0.2, -0.15) is 0 Å². The van der Waals surface area contributed by atoms with Crippen LogP contribution < -0.4 is 5.56 Å². The predicted octanol–water partition coefficient (Wildman–Crippen LogP) is 1.53. The van der Waals surface area contributed by atoms with E-state index in [9.17, 15) is 23.7 Å². The Kier molecular flexibility index (Phi) is 2.59. The number of pyridine rings is 1. The Morgan fingerprint density at radius 2 is 2.14 bits per heavy atom. The molecule has 0 spiro atoms. The van der Waals surface area contributed by atoms with Crippen molar-refractivity contribution in [3.63, 3.8) is 0 Å². The summed E-state index contributed by atoms with van der Waals surface area (Å²) in [4.78, 5) is 22.3. The molecule has 5 nitrogen and oxygen atoms in total. The van der Waals surface area contributed by atoms with E-state index >= 15 is 0 Å². The summed E-state index contributed by atoms with van der Waals surface area (Å²) < 4.78 is 24.6. The molecule has 0 aliphatic rings. The van der Waals surface area contributed by atoms with Crippen molar-refractivity contribution in [2.24, 2.45) is 0 Å². The molecule has 0 bridgehead atoms. The SMILES string of the molecule is Cc1c([N+](=O)[O-])c[nH]c(=O)c1C(F)F. The summed E-state index contributed by atoms with van der Waals surface area (Å²) in [5.41, 5.74) is -2.66. The lowest BCUT2D eigenvalue weighted by atomic mass is 10.1. The summed E-state index contributed by atoms with van der Waals surface area (Å²) in [6.07, 6.45) is -2.21. The Balaban J connectivity index is 3.49. The fourth-order valence-electron chi connectivity index (χ4n) is 1.08. The molecule has 0 saturated carbocycles. The highest BCUT2D eigenvalue weighted by atomic mass is 19.3. The van der Waals surface area contributed by atoms with E-state index in [4.69, 9.17) is 0 Å². The monoisotopic (exact) mass is 204 g/mol. The number of halogens is 2. The number of H-pyrrole nitrogens is 1. The van der Waals surface area contributed by atoms with Crippen LogP contribution in [0.4, 0.5) is 14.5 Å². The molecule has 1 heterocycles. The minimum atomic E-state index is -3.02. The molecule has 1 aromatic heterocycles. The van der Waals surface area contributed by atoms with Crippen LogP contribution in [-0.4, -0.2) is 9.91 Å². The lowest BCUT2D eigenvalue weighted by Gasteiger charge is -2.02. The average molecular weight is 204 g/mol. The number of nitrogens with zero attached hydrogens (tertiary/aromatic N) is 1. The van der Waals surface area contributed by atoms with Crippen LogP contribution in [0.25, 0.3) is 0 Å². The van der Waals surface area contributed by atoms with Crippen molar-refractivity contribution in [2.75, 3.05) is 0 Å². The van der Waals surface area contributed by atoms with Crippen molar-refractivity contribution in [3.05, 3.63) is 37.8 Å². The summed E-state index contributed by atoms with van der Waals surface area (Å²) in [7, 11) is 0. The maximum atomic E-state index is 12.3. The van der Waals surface area contributed by atoms with Gasteiger partial charge in [0, 0.05) is 5.56 Å². The van der Waals surface area contributed by atoms with Crippen LogP contribution >= 0.6 is 0 Å². The molecular weight excluding hydrogens is 198 g/mol. The van der Waals surface area contributed by atoms with Crippen molar-refractivity contribution < 1.29 is 13.7 Å². The van der Waals surface area contributed by atoms with Gasteiger partial charge in [0.2, 0.25) is 0 Å². The van der Waals surface area contributed by atoms with Gasteiger partial charge in [0.25, 0.3) is 17.7 Å². The Bertz CT molecular complexity index is 427. The summed E-state index contributed by atoms with van der Waals surface area (Å²) in [5, 5.41) is 10.3. The summed E-state index contributed by atoms with van der Waals surface area (Å²) in [6, 6.07) is 0. The summed E-state index contributed by atoms with van der Waals surface area (Å²) in [6.45, 7) is 1.12. The summed E-state index contributed by atoms with van der Waals surface area (Å²) >= 11 is 0. The zero-order chi connectivity index (χ0) is 10.9. The first kappa shape index (κ1) is 10.3. The van der Waals surface area contributed by atoms with Crippen LogP contribution in [0.2, 0.25) is 0 Å². The average Bonchev–Trinajstić information content (AvgIpc) is 2.02. The van der Waals surface area contributed by atoms with E-state index in [1.165, 1.54) is 0 Å². The summed E-state index contributed by atoms with van der Waals surface area (Å²) in [5.74, 6) is 0. The van der Waals surface area contributed by atoms with Crippen LogP contribution in [0.1, 0.15) is 17.6 Å². The van der Waals surface area contributed by atoms with Crippen LogP contribution in [0.3, 0.4) is 0 Å². The van der Waals surface area contributed by atoms with E-state index < -0.39 is 28.2 Å². The molecular formula is C7H6F2N2O3. The van der Waals surface area contributed by atoms with Gasteiger partial charge in [-0.05, 0) is 6.92 Å². The molecule has 0 aliphatic carbocycles. The zero-order valence-electron chi connectivity index (χ0n) is 7.08. The molecule has 0 amide bonds. The second-order valence-electron chi connectivity index (χ2n) is 2.60. The third kappa shape index (κ3) is 1.61. The molecule has 0 saturated heterocycles. The van der Waals surface area contributed by atoms with Gasteiger partial charge < -0.3 is 4.98 Å². The fraction of sp³-hybridized carbons (Fsp3) is 0.286. The first-order chi connectivity index (χ1) is 6.45. The number of aromatic nitrogens is 1. The van der Waals surface area contributed by atoms with Gasteiger partial charge in [-0.1, -0.05) is 0 Å². The van der Waals surface area contributed by atoms with E-state index in [-0.39, 0.29) is 5.56 Å². The second-order valence-corrected chi connectivity index (χ2v) is 2.60. The maximum absolute atomic E-state index is 12.3. The largest absolute Gasteiger partial charge is 0.322 e. The minimum absolute atomic E-state index is 0.297. The van der Waals surface area contributed by atoms with Crippen LogP contribution in [-0.2, 0) is 0 Å². The smallest absolute Gasteiger partial charge is 0.288 e. The number of rotatable bonds is 2. The molecule has 7 heteroatoms. The number of hydrogen-bond acceptors (Lipinski definition) is 3. The topological polar surface area (TPSA) is 76.0 Å². The number of nitro groups is 1. The molecule has 0 aromatic carbocycles. The minimum Gasteiger partial charge on any atom is -0.322 e. The van der Waals surface area contributed by atoms with Gasteiger partial charge in [-0.15, -0.1) is 0 Å². The van der Waals surface area contributed by atoms with Gasteiger partial charge in [0.1, 0.15) is 0 Å². The highest BCUT2D eigenvalue weighted by molar-refractivity contribution is 5.41. The standard InChI is InChI=1S/C7H6F2N2O3/c1-3-4(11(13)14)2-10-7(12)5(3)6(8)9/h2,6H,1H3,(H,10,12). The second kappa shape index (κ2) is 3.52. The normalized spacial score (nSPS) is 10.6. The van der Waals surface area contributed by atoms with Crippen molar-refractivity contribution >= 4 is 5.69 Å². The molecule has 14 heavy (non-hydrogen) atoms. The van der Waals surface area contributed by atoms with Crippen molar-refractivity contribution in [3.8, 4) is 0 Å². The van der Waals surface area contributed by atoms with Crippen molar-refractivity contribution in [1.29, 1.82) is 0 Å². The molecule has 1 N–H and O–H groups in total. The van der Waals surface area contributed by atoms with Crippen LogP contribution in [0.5, 0.6) is 0 Å². The van der Waals surface area contributed by atoms with Gasteiger partial charge in [0.15, 0.2) is 0 Å². The Labute approximate surface area is 76.5 Å². The molecule has 0 fully saturated rings. The third-order valence-electron chi connectivity index (χ3n) is 1.79. The van der Waals surface area contributed by atoms with E-state index in [1.807, 2.05) is 4.98 Å². The van der Waals surface area contributed by atoms with Crippen LogP contribution in [0, 0.1) is 17.0 Å². The van der Waals surface area contributed by atoms with Gasteiger partial charge >= 0.3 is 0 Å². The van der Waals surface area contributed by atoms with E-state index in [1.54, 1.807) is 0 Å². The van der Waals surface area contributed by atoms with Gasteiger partial charge in [0.05, 0.1) is 16.7 Å². The number of nitrogens with one attached hydrogen (secondary N) is 1. The number of aromatic amines is 1. The Hall–Kier alpha value is -1.79. The van der Waals surface area contributed by atoms with Gasteiger partial charge in [-0.25, -0.2) is 8.78 Å².